The molecule has 4 heteroatoms. The average Bonchev–Trinajstić information content (AvgIpc) is 3.13. The van der Waals surface area contributed by atoms with E-state index in [2.05, 4.69) is 0 Å². The largest absolute Gasteiger partial charge is 0.449 e. The highest BCUT2D eigenvalue weighted by Gasteiger charge is 2.26. The van der Waals surface area contributed by atoms with Gasteiger partial charge in [0.25, 0.3) is 0 Å². The predicted molar refractivity (Wildman–Crippen MR) is 104 cm³/mol. The summed E-state index contributed by atoms with van der Waals surface area (Å²) < 4.78 is 5.61. The van der Waals surface area contributed by atoms with Crippen molar-refractivity contribution < 1.29 is 14.3 Å². The molecule has 2 aromatic carbocycles. The zero-order valence-corrected chi connectivity index (χ0v) is 15.6. The summed E-state index contributed by atoms with van der Waals surface area (Å²) in [5.41, 5.74) is 4.26. The van der Waals surface area contributed by atoms with E-state index in [1.165, 1.54) is 11.3 Å². The van der Waals surface area contributed by atoms with Crippen LogP contribution in [0.4, 0.5) is 0 Å². The molecule has 1 aromatic heterocycles. The standard InChI is InChI=1S/C22H20O3S/c1-15-3-7-18(8-4-15)21(24)22(19-9-5-16(2)6-10-19)25-20(23)13-17-11-12-26-14-17/h3-12,14,22H,13H2,1-2H3. The van der Waals surface area contributed by atoms with Crippen molar-refractivity contribution in [1.29, 1.82) is 0 Å². The maximum absolute atomic E-state index is 13.0. The summed E-state index contributed by atoms with van der Waals surface area (Å²) in [5.74, 6) is -0.623. The molecule has 0 fully saturated rings. The Morgan fingerprint density at radius 2 is 1.54 bits per heavy atom. The molecule has 1 unspecified atom stereocenters. The second kappa shape index (κ2) is 8.11. The Hall–Kier alpha value is -2.72. The first kappa shape index (κ1) is 18.1. The summed E-state index contributed by atoms with van der Waals surface area (Å²) in [4.78, 5) is 25.4. The first-order valence-corrected chi connectivity index (χ1v) is 9.35. The van der Waals surface area contributed by atoms with Crippen molar-refractivity contribution >= 4 is 23.1 Å². The maximum Gasteiger partial charge on any atom is 0.311 e. The van der Waals surface area contributed by atoms with E-state index in [0.717, 1.165) is 16.7 Å². The van der Waals surface area contributed by atoms with Gasteiger partial charge in [0.15, 0.2) is 6.10 Å². The Bertz CT molecular complexity index is 878. The van der Waals surface area contributed by atoms with Gasteiger partial charge in [0, 0.05) is 11.1 Å². The number of esters is 1. The molecule has 0 aliphatic rings. The van der Waals surface area contributed by atoms with Gasteiger partial charge < -0.3 is 4.74 Å². The molecule has 0 saturated carbocycles. The summed E-state index contributed by atoms with van der Waals surface area (Å²) in [6, 6.07) is 16.7. The van der Waals surface area contributed by atoms with Gasteiger partial charge in [-0.15, -0.1) is 0 Å². The highest BCUT2D eigenvalue weighted by Crippen LogP contribution is 2.24. The van der Waals surface area contributed by atoms with Crippen molar-refractivity contribution in [2.75, 3.05) is 0 Å². The molecule has 3 nitrogen and oxygen atoms in total. The molecule has 3 rings (SSSR count). The van der Waals surface area contributed by atoms with E-state index in [0.29, 0.717) is 11.1 Å². The third-order valence-corrected chi connectivity index (χ3v) is 4.86. The quantitative estimate of drug-likeness (QED) is 0.453. The van der Waals surface area contributed by atoms with Crippen LogP contribution < -0.4 is 0 Å². The summed E-state index contributed by atoms with van der Waals surface area (Å²) >= 11 is 1.53. The molecule has 0 spiro atoms. The van der Waals surface area contributed by atoms with Crippen LogP contribution in [0.3, 0.4) is 0 Å². The van der Waals surface area contributed by atoms with Gasteiger partial charge in [0.1, 0.15) is 0 Å². The number of thiophene rings is 1. The lowest BCUT2D eigenvalue weighted by Crippen LogP contribution is -2.21. The zero-order chi connectivity index (χ0) is 18.5. The summed E-state index contributed by atoms with van der Waals surface area (Å²) in [6.07, 6.45) is -0.781. The Balaban J connectivity index is 1.85. The number of benzene rings is 2. The topological polar surface area (TPSA) is 43.4 Å². The van der Waals surface area contributed by atoms with E-state index in [9.17, 15) is 9.59 Å². The van der Waals surface area contributed by atoms with Crippen LogP contribution in [0.2, 0.25) is 0 Å². The van der Waals surface area contributed by atoms with Gasteiger partial charge in [-0.2, -0.15) is 11.3 Å². The van der Waals surface area contributed by atoms with E-state index in [-0.39, 0.29) is 12.2 Å². The first-order valence-electron chi connectivity index (χ1n) is 8.41. The molecule has 0 amide bonds. The summed E-state index contributed by atoms with van der Waals surface area (Å²) in [5, 5.41) is 3.82. The van der Waals surface area contributed by atoms with Crippen LogP contribution in [0.5, 0.6) is 0 Å². The molecule has 0 aliphatic carbocycles. The number of aryl methyl sites for hydroxylation is 2. The number of ketones is 1. The Labute approximate surface area is 157 Å². The second-order valence-electron chi connectivity index (χ2n) is 6.32. The van der Waals surface area contributed by atoms with Gasteiger partial charge in [0.05, 0.1) is 6.42 Å². The molecular weight excluding hydrogens is 344 g/mol. The van der Waals surface area contributed by atoms with E-state index < -0.39 is 12.1 Å². The highest BCUT2D eigenvalue weighted by molar-refractivity contribution is 7.08. The van der Waals surface area contributed by atoms with Crippen molar-refractivity contribution in [2.24, 2.45) is 0 Å². The predicted octanol–water partition coefficient (Wildman–Crippen LogP) is 5.07. The normalized spacial score (nSPS) is 11.8. The minimum atomic E-state index is -0.940. The van der Waals surface area contributed by atoms with Crippen LogP contribution in [0.25, 0.3) is 0 Å². The Morgan fingerprint density at radius 1 is 0.923 bits per heavy atom. The fourth-order valence-electron chi connectivity index (χ4n) is 2.62. The highest BCUT2D eigenvalue weighted by atomic mass is 32.1. The van der Waals surface area contributed by atoms with Crippen molar-refractivity contribution in [3.05, 3.63) is 93.2 Å². The molecule has 0 radical (unpaired) electrons. The monoisotopic (exact) mass is 364 g/mol. The van der Waals surface area contributed by atoms with Gasteiger partial charge in [-0.05, 0) is 36.2 Å². The molecule has 0 aliphatic heterocycles. The summed E-state index contributed by atoms with van der Waals surface area (Å²) in [7, 11) is 0. The van der Waals surface area contributed by atoms with E-state index >= 15 is 0 Å². The molecule has 26 heavy (non-hydrogen) atoms. The minimum absolute atomic E-state index is 0.160. The van der Waals surface area contributed by atoms with Crippen LogP contribution in [-0.2, 0) is 16.0 Å². The molecule has 0 saturated heterocycles. The fraction of sp³-hybridized carbons (Fsp3) is 0.182. The number of carbonyl (C=O) groups is 2. The van der Waals surface area contributed by atoms with Gasteiger partial charge in [-0.1, -0.05) is 59.7 Å². The molecule has 0 N–H and O–H groups in total. The average molecular weight is 364 g/mol. The lowest BCUT2D eigenvalue weighted by molar-refractivity contribution is -0.146. The Morgan fingerprint density at radius 3 is 2.12 bits per heavy atom. The maximum atomic E-state index is 13.0. The van der Waals surface area contributed by atoms with Crippen LogP contribution in [0.1, 0.15) is 38.7 Å². The summed E-state index contributed by atoms with van der Waals surface area (Å²) in [6.45, 7) is 3.94. The SMILES string of the molecule is Cc1ccc(C(=O)C(OC(=O)Cc2ccsc2)c2ccc(C)cc2)cc1. The fourth-order valence-corrected chi connectivity index (χ4v) is 3.29. The molecule has 1 heterocycles. The van der Waals surface area contributed by atoms with E-state index in [4.69, 9.17) is 4.74 Å². The lowest BCUT2D eigenvalue weighted by atomic mass is 9.98. The van der Waals surface area contributed by atoms with Crippen molar-refractivity contribution in [2.45, 2.75) is 26.4 Å². The number of ether oxygens (including phenoxy) is 1. The molecular formula is C22H20O3S. The lowest BCUT2D eigenvalue weighted by Gasteiger charge is -2.18. The number of Topliss-reactive ketones (excluding diaryl/α,β-unsaturated/α-hetero) is 1. The van der Waals surface area contributed by atoms with Crippen LogP contribution >= 0.6 is 11.3 Å². The van der Waals surface area contributed by atoms with Crippen molar-refractivity contribution in [3.63, 3.8) is 0 Å². The van der Waals surface area contributed by atoms with Gasteiger partial charge in [-0.25, -0.2) is 0 Å². The third-order valence-electron chi connectivity index (χ3n) is 4.13. The number of carbonyl (C=O) groups excluding carboxylic acids is 2. The second-order valence-corrected chi connectivity index (χ2v) is 7.10. The first-order chi connectivity index (χ1) is 12.5. The van der Waals surface area contributed by atoms with Gasteiger partial charge >= 0.3 is 5.97 Å². The van der Waals surface area contributed by atoms with Crippen LogP contribution in [0, 0.1) is 13.8 Å². The van der Waals surface area contributed by atoms with E-state index in [1.807, 2.05) is 67.1 Å². The smallest absolute Gasteiger partial charge is 0.311 e. The van der Waals surface area contributed by atoms with Crippen LogP contribution in [0.15, 0.2) is 65.4 Å². The Kier molecular flexibility index (Phi) is 5.64. The van der Waals surface area contributed by atoms with Crippen molar-refractivity contribution in [3.8, 4) is 0 Å². The minimum Gasteiger partial charge on any atom is -0.449 e. The van der Waals surface area contributed by atoms with Crippen LogP contribution in [-0.4, -0.2) is 11.8 Å². The molecule has 132 valence electrons. The molecule has 0 bridgehead atoms. The zero-order valence-electron chi connectivity index (χ0n) is 14.8. The van der Waals surface area contributed by atoms with Gasteiger partial charge in [0.2, 0.25) is 5.78 Å². The number of hydrogen-bond donors (Lipinski definition) is 0. The number of rotatable bonds is 6. The van der Waals surface area contributed by atoms with E-state index in [1.54, 1.807) is 12.1 Å². The number of hydrogen-bond acceptors (Lipinski definition) is 4. The van der Waals surface area contributed by atoms with Gasteiger partial charge in [-0.3, -0.25) is 9.59 Å². The van der Waals surface area contributed by atoms with Crippen molar-refractivity contribution in [1.82, 2.24) is 0 Å². The molecule has 1 atom stereocenters. The molecule has 3 aromatic rings. The third kappa shape index (κ3) is 4.46.